The summed E-state index contributed by atoms with van der Waals surface area (Å²) in [5.41, 5.74) is 25.1. The van der Waals surface area contributed by atoms with Crippen LogP contribution in [0.15, 0.2) is 224 Å². The smallest absolute Gasteiger partial charge is 0.0159 e. The first-order valence-electron chi connectivity index (χ1n) is 21.8. The van der Waals surface area contributed by atoms with Crippen LogP contribution in [0.25, 0.3) is 50.1 Å². The lowest BCUT2D eigenvalue weighted by molar-refractivity contribution is 0.660. The number of rotatable bonds is 3. The first kappa shape index (κ1) is 41.7. The van der Waals surface area contributed by atoms with Gasteiger partial charge >= 0.3 is 0 Å². The van der Waals surface area contributed by atoms with Crippen LogP contribution in [0, 0.1) is 20.8 Å². The molecule has 3 aliphatic carbocycles. The van der Waals surface area contributed by atoms with E-state index in [0.717, 1.165) is 12.0 Å². The maximum Gasteiger partial charge on any atom is 0.0159 e. The number of fused-ring (bicyclic) bond motifs is 6. The summed E-state index contributed by atoms with van der Waals surface area (Å²) in [6.45, 7) is 17.3. The average Bonchev–Trinajstić information content (AvgIpc) is 3.76. The molecule has 0 aliphatic heterocycles. The molecule has 0 atom stereocenters. The van der Waals surface area contributed by atoms with Gasteiger partial charge in [0.25, 0.3) is 0 Å². The molecule has 0 amide bonds. The molecule has 0 bridgehead atoms. The number of hydrogen-bond donors (Lipinski definition) is 0. The molecule has 0 fully saturated rings. The minimum Gasteiger partial charge on any atom is -0.0915 e. The van der Waals surface area contributed by atoms with E-state index in [0.29, 0.717) is 0 Å². The molecule has 0 heterocycles. The summed E-state index contributed by atoms with van der Waals surface area (Å²) in [5, 5.41) is 0. The monoisotopic (exact) mass is 800 g/mol. The van der Waals surface area contributed by atoms with Crippen molar-refractivity contribution < 1.29 is 0 Å². The second kappa shape index (κ2) is 18.3. The summed E-state index contributed by atoms with van der Waals surface area (Å²) in [7, 11) is 0. The van der Waals surface area contributed by atoms with Gasteiger partial charge in [0.15, 0.2) is 0 Å². The summed E-state index contributed by atoms with van der Waals surface area (Å²) < 4.78 is 0. The number of aryl methyl sites for hydroxylation is 3. The second-order valence-corrected chi connectivity index (χ2v) is 17.3. The highest BCUT2D eigenvalue weighted by Gasteiger charge is 2.35. The van der Waals surface area contributed by atoms with Crippen LogP contribution < -0.4 is 0 Å². The van der Waals surface area contributed by atoms with Gasteiger partial charge < -0.3 is 0 Å². The second-order valence-electron chi connectivity index (χ2n) is 17.3. The first-order chi connectivity index (χ1) is 30.0. The van der Waals surface area contributed by atoms with Crippen LogP contribution in [0.4, 0.5) is 0 Å². The molecule has 0 N–H and O–H groups in total. The number of hydrogen-bond acceptors (Lipinski definition) is 0. The van der Waals surface area contributed by atoms with E-state index in [4.69, 9.17) is 0 Å². The zero-order valence-electron chi connectivity index (χ0n) is 37.0. The molecule has 62 heavy (non-hydrogen) atoms. The van der Waals surface area contributed by atoms with E-state index in [2.05, 4.69) is 230 Å². The Labute approximate surface area is 370 Å². The minimum atomic E-state index is 0.0760. The van der Waals surface area contributed by atoms with Crippen molar-refractivity contribution in [3.63, 3.8) is 0 Å². The molecule has 3 aliphatic rings. The van der Waals surface area contributed by atoms with Crippen molar-refractivity contribution in [3.8, 4) is 44.5 Å². The van der Waals surface area contributed by atoms with E-state index in [1.54, 1.807) is 0 Å². The quantitative estimate of drug-likeness (QED) is 0.167. The highest BCUT2D eigenvalue weighted by Crippen LogP contribution is 2.49. The molecule has 0 unspecified atom stereocenters. The van der Waals surface area contributed by atoms with E-state index in [1.165, 1.54) is 100 Å². The number of allylic oxidation sites excluding steroid dienone is 11. The van der Waals surface area contributed by atoms with E-state index in [1.807, 2.05) is 24.3 Å². The van der Waals surface area contributed by atoms with Crippen LogP contribution in [-0.2, 0) is 11.8 Å². The lowest BCUT2D eigenvalue weighted by Crippen LogP contribution is -2.14. The summed E-state index contributed by atoms with van der Waals surface area (Å²) in [6, 6.07) is 57.4. The van der Waals surface area contributed by atoms with Crippen LogP contribution in [0.2, 0.25) is 0 Å². The van der Waals surface area contributed by atoms with Crippen LogP contribution >= 0.6 is 0 Å². The topological polar surface area (TPSA) is 0 Å². The molecule has 7 aromatic rings. The van der Waals surface area contributed by atoms with Crippen molar-refractivity contribution in [1.29, 1.82) is 0 Å². The Morgan fingerprint density at radius 3 is 1.77 bits per heavy atom. The zero-order chi connectivity index (χ0) is 43.2. The van der Waals surface area contributed by atoms with Gasteiger partial charge in [-0.25, -0.2) is 0 Å². The molecule has 0 heteroatoms. The van der Waals surface area contributed by atoms with E-state index >= 15 is 0 Å². The van der Waals surface area contributed by atoms with Crippen molar-refractivity contribution in [2.75, 3.05) is 0 Å². The molecule has 10 rings (SSSR count). The molecule has 0 aromatic heterocycles. The zero-order valence-corrected chi connectivity index (χ0v) is 37.0. The fraction of sp³-hybridized carbons (Fsp3) is 0.129. The fourth-order valence-electron chi connectivity index (χ4n) is 8.77. The average molecular weight is 801 g/mol. The van der Waals surface area contributed by atoms with Gasteiger partial charge in [-0.15, -0.1) is 0 Å². The van der Waals surface area contributed by atoms with Gasteiger partial charge in [-0.3, -0.25) is 0 Å². The van der Waals surface area contributed by atoms with E-state index < -0.39 is 0 Å². The third kappa shape index (κ3) is 9.16. The van der Waals surface area contributed by atoms with Crippen molar-refractivity contribution in [2.45, 2.75) is 53.4 Å². The molecular formula is C62H56. The highest BCUT2D eigenvalue weighted by atomic mass is 14.4. The molecule has 0 radical (unpaired) electrons. The van der Waals surface area contributed by atoms with Gasteiger partial charge in [0.05, 0.1) is 0 Å². The third-order valence-corrected chi connectivity index (χ3v) is 12.4. The Morgan fingerprint density at radius 1 is 0.419 bits per heavy atom. The molecule has 304 valence electrons. The molecule has 7 aromatic carbocycles. The van der Waals surface area contributed by atoms with Crippen molar-refractivity contribution in [1.82, 2.24) is 0 Å². The van der Waals surface area contributed by atoms with Gasteiger partial charge in [-0.05, 0) is 141 Å². The Bertz CT molecular complexity index is 2930. The number of benzene rings is 7. The highest BCUT2D eigenvalue weighted by molar-refractivity contribution is 5.84. The minimum absolute atomic E-state index is 0.0760. The first-order valence-corrected chi connectivity index (χ1v) is 21.8. The summed E-state index contributed by atoms with van der Waals surface area (Å²) in [5.74, 6) is 0. The Kier molecular flexibility index (Phi) is 12.3. The van der Waals surface area contributed by atoms with Crippen LogP contribution in [0.5, 0.6) is 0 Å². The molecule has 0 spiro atoms. The molecule has 0 saturated carbocycles. The van der Waals surface area contributed by atoms with Crippen molar-refractivity contribution in [3.05, 3.63) is 269 Å². The lowest BCUT2D eigenvalue weighted by atomic mass is 9.81. The van der Waals surface area contributed by atoms with Gasteiger partial charge in [0, 0.05) is 5.41 Å². The third-order valence-electron chi connectivity index (χ3n) is 12.4. The van der Waals surface area contributed by atoms with Crippen LogP contribution in [0.1, 0.15) is 65.3 Å². The normalized spacial score (nSPS) is 17.3. The Morgan fingerprint density at radius 2 is 1.00 bits per heavy atom. The van der Waals surface area contributed by atoms with E-state index in [-0.39, 0.29) is 5.41 Å². The molecular weight excluding hydrogens is 745 g/mol. The van der Waals surface area contributed by atoms with Crippen molar-refractivity contribution >= 4 is 5.57 Å². The SMILES string of the molecule is C=C1\C=C(c2cccc(C)c2)/C=C\C=C/C=C\C=C\1C.Cc1ccc(-c2ccc3c(c2)C(C)(C)c2ccccc2-3)cc1.Cc1cccc(-c2ccc3c(c2)-c2ccccc2C3)c1. The molecule has 0 saturated heterocycles. The van der Waals surface area contributed by atoms with Gasteiger partial charge in [-0.2, -0.15) is 0 Å². The van der Waals surface area contributed by atoms with Crippen molar-refractivity contribution in [2.24, 2.45) is 0 Å². The summed E-state index contributed by atoms with van der Waals surface area (Å²) in [4.78, 5) is 0. The summed E-state index contributed by atoms with van der Waals surface area (Å²) in [6.07, 6.45) is 17.6. The van der Waals surface area contributed by atoms with Gasteiger partial charge in [0.1, 0.15) is 0 Å². The standard InChI is InChI=1S/C22H20.C20H16.C20H20/c1-15-8-10-16(11-9-15)17-12-13-19-18-6-4-5-7-20(18)22(2,3)21(19)14-17;1-14-5-4-7-15(11-14)16-9-10-18-12-17-6-2-3-8-19(17)20(18)13-16;1-16-10-9-13-19(14-16)20-12-8-6-4-5-7-11-17(2)18(3)15-20/h4-14H,1-3H3;2-11,13H,12H2,1H3;4-15H,3H2,1-2H3/b;;6-4-,7-5-,12-8-,17-11+,20-15+. The van der Waals surface area contributed by atoms with Gasteiger partial charge in [0.2, 0.25) is 0 Å². The van der Waals surface area contributed by atoms with E-state index in [9.17, 15) is 0 Å². The Balaban J connectivity index is 0.000000128. The predicted octanol–water partition coefficient (Wildman–Crippen LogP) is 16.8. The fourth-order valence-corrected chi connectivity index (χ4v) is 8.77. The summed E-state index contributed by atoms with van der Waals surface area (Å²) >= 11 is 0. The predicted molar refractivity (Wildman–Crippen MR) is 269 cm³/mol. The maximum absolute atomic E-state index is 4.17. The molecule has 0 nitrogen and oxygen atoms in total. The maximum atomic E-state index is 4.17. The van der Waals surface area contributed by atoms with Gasteiger partial charge in [-0.1, -0.05) is 225 Å². The van der Waals surface area contributed by atoms with Crippen LogP contribution in [0.3, 0.4) is 0 Å². The largest absolute Gasteiger partial charge is 0.0915 e. The lowest BCUT2D eigenvalue weighted by Gasteiger charge is -2.22. The Hall–Kier alpha value is -7.02. The van der Waals surface area contributed by atoms with Crippen LogP contribution in [-0.4, -0.2) is 0 Å².